The van der Waals surface area contributed by atoms with E-state index in [-0.39, 0.29) is 34.6 Å². The molecule has 3 aromatic carbocycles. The second kappa shape index (κ2) is 14.0. The summed E-state index contributed by atoms with van der Waals surface area (Å²) in [4.78, 5) is 28.9. The first-order valence-electron chi connectivity index (χ1n) is 12.6. The molecule has 2 amide bonds. The Morgan fingerprint density at radius 3 is 2.10 bits per heavy atom. The zero-order valence-corrected chi connectivity index (χ0v) is 24.8. The van der Waals surface area contributed by atoms with E-state index in [0.29, 0.717) is 16.4 Å². The van der Waals surface area contributed by atoms with Gasteiger partial charge in [0.1, 0.15) is 18.4 Å². The maximum Gasteiger partial charge on any atom is 0.244 e. The number of amides is 2. The molecule has 11 heteroatoms. The van der Waals surface area contributed by atoms with Gasteiger partial charge in [0.2, 0.25) is 21.8 Å². The van der Waals surface area contributed by atoms with Crippen molar-refractivity contribution >= 4 is 50.7 Å². The topological polar surface area (TPSA) is 86.8 Å². The Hall–Kier alpha value is -3.14. The fourth-order valence-corrected chi connectivity index (χ4v) is 5.45. The summed E-state index contributed by atoms with van der Waals surface area (Å²) < 4.78 is 40.9. The second-order valence-electron chi connectivity index (χ2n) is 9.79. The summed E-state index contributed by atoms with van der Waals surface area (Å²) in [6.07, 6.45) is 1.02. The van der Waals surface area contributed by atoms with Gasteiger partial charge in [-0.25, -0.2) is 12.8 Å². The number of nitrogens with one attached hydrogen (secondary N) is 1. The van der Waals surface area contributed by atoms with Gasteiger partial charge in [0.05, 0.1) is 11.9 Å². The predicted octanol–water partition coefficient (Wildman–Crippen LogP) is 5.31. The lowest BCUT2D eigenvalue weighted by Crippen LogP contribution is -2.53. The van der Waals surface area contributed by atoms with Gasteiger partial charge in [-0.15, -0.1) is 0 Å². The second-order valence-corrected chi connectivity index (χ2v) is 12.5. The number of nitrogens with zero attached hydrogens (tertiary/aromatic N) is 2. The van der Waals surface area contributed by atoms with E-state index in [9.17, 15) is 22.4 Å². The molecular formula is C29H32Cl2FN3O4S. The van der Waals surface area contributed by atoms with Crippen molar-refractivity contribution in [3.8, 4) is 0 Å². The molecule has 0 saturated carbocycles. The quantitative estimate of drug-likeness (QED) is 0.302. The Kier molecular flexibility index (Phi) is 11.0. The normalized spacial score (nSPS) is 12.2. The average molecular weight is 609 g/mol. The lowest BCUT2D eigenvalue weighted by Gasteiger charge is -2.34. The number of anilines is 1. The van der Waals surface area contributed by atoms with Crippen LogP contribution in [-0.2, 0) is 32.6 Å². The van der Waals surface area contributed by atoms with Gasteiger partial charge in [0, 0.05) is 35.1 Å². The van der Waals surface area contributed by atoms with Crippen LogP contribution in [0.3, 0.4) is 0 Å². The van der Waals surface area contributed by atoms with Gasteiger partial charge in [-0.1, -0.05) is 85.6 Å². The van der Waals surface area contributed by atoms with Crippen LogP contribution in [-0.4, -0.2) is 50.5 Å². The number of carbonyl (C=O) groups is 2. The van der Waals surface area contributed by atoms with E-state index in [1.807, 2.05) is 44.2 Å². The Morgan fingerprint density at radius 2 is 1.52 bits per heavy atom. The summed E-state index contributed by atoms with van der Waals surface area (Å²) in [7, 11) is -4.09. The first-order valence-corrected chi connectivity index (χ1v) is 15.2. The van der Waals surface area contributed by atoms with Crippen LogP contribution in [0.1, 0.15) is 25.0 Å². The summed E-state index contributed by atoms with van der Waals surface area (Å²) in [5.41, 5.74) is 0.896. The molecule has 1 N–H and O–H groups in total. The summed E-state index contributed by atoms with van der Waals surface area (Å²) >= 11 is 12.9. The zero-order valence-electron chi connectivity index (χ0n) is 22.5. The largest absolute Gasteiger partial charge is 0.354 e. The van der Waals surface area contributed by atoms with Crippen molar-refractivity contribution in [1.29, 1.82) is 0 Å². The van der Waals surface area contributed by atoms with Gasteiger partial charge < -0.3 is 10.2 Å². The third kappa shape index (κ3) is 8.43. The van der Waals surface area contributed by atoms with Crippen LogP contribution in [0.5, 0.6) is 0 Å². The van der Waals surface area contributed by atoms with Crippen molar-refractivity contribution in [3.05, 3.63) is 99.8 Å². The monoisotopic (exact) mass is 607 g/mol. The van der Waals surface area contributed by atoms with Crippen molar-refractivity contribution < 1.29 is 22.4 Å². The maximum atomic E-state index is 14.7. The van der Waals surface area contributed by atoms with Gasteiger partial charge >= 0.3 is 0 Å². The van der Waals surface area contributed by atoms with E-state index < -0.39 is 40.2 Å². The fraction of sp³-hybridized carbons (Fsp3) is 0.310. The lowest BCUT2D eigenvalue weighted by molar-refractivity contribution is -0.140. The van der Waals surface area contributed by atoms with Crippen LogP contribution in [0.25, 0.3) is 0 Å². The first-order chi connectivity index (χ1) is 18.9. The highest BCUT2D eigenvalue weighted by Gasteiger charge is 2.34. The Labute approximate surface area is 244 Å². The van der Waals surface area contributed by atoms with Crippen LogP contribution in [0.2, 0.25) is 10.0 Å². The fourth-order valence-electron chi connectivity index (χ4n) is 4.08. The summed E-state index contributed by atoms with van der Waals surface area (Å²) in [6.45, 7) is 3.32. The van der Waals surface area contributed by atoms with E-state index in [0.717, 1.165) is 17.9 Å². The highest BCUT2D eigenvalue weighted by atomic mass is 35.5. The van der Waals surface area contributed by atoms with Gasteiger partial charge in [-0.3, -0.25) is 13.9 Å². The van der Waals surface area contributed by atoms with Crippen LogP contribution in [0, 0.1) is 11.7 Å². The molecule has 0 aromatic heterocycles. The Morgan fingerprint density at radius 1 is 0.925 bits per heavy atom. The number of benzene rings is 3. The van der Waals surface area contributed by atoms with E-state index in [2.05, 4.69) is 5.32 Å². The lowest BCUT2D eigenvalue weighted by atomic mass is 10.0. The minimum absolute atomic E-state index is 0.136. The van der Waals surface area contributed by atoms with E-state index >= 15 is 0 Å². The summed E-state index contributed by atoms with van der Waals surface area (Å²) in [5, 5.41) is 3.44. The highest BCUT2D eigenvalue weighted by molar-refractivity contribution is 7.92. The van der Waals surface area contributed by atoms with Crippen LogP contribution in [0.15, 0.2) is 72.8 Å². The molecule has 3 rings (SSSR count). The van der Waals surface area contributed by atoms with Crippen molar-refractivity contribution in [3.63, 3.8) is 0 Å². The molecule has 3 aromatic rings. The van der Waals surface area contributed by atoms with E-state index in [1.54, 1.807) is 18.2 Å². The molecular weight excluding hydrogens is 576 g/mol. The van der Waals surface area contributed by atoms with E-state index in [1.165, 1.54) is 23.1 Å². The Bertz CT molecular complexity index is 1420. The molecule has 0 heterocycles. The minimum atomic E-state index is -4.09. The van der Waals surface area contributed by atoms with Crippen molar-refractivity contribution in [1.82, 2.24) is 10.2 Å². The molecule has 0 aliphatic rings. The number of rotatable bonds is 12. The smallest absolute Gasteiger partial charge is 0.244 e. The molecule has 0 spiro atoms. The number of carbonyl (C=O) groups excluding carboxylic acids is 2. The molecule has 0 radical (unpaired) electrons. The number of sulfonamides is 1. The van der Waals surface area contributed by atoms with Gasteiger partial charge in [-0.05, 0) is 35.7 Å². The zero-order chi connectivity index (χ0) is 29.4. The predicted molar refractivity (Wildman–Crippen MR) is 157 cm³/mol. The van der Waals surface area contributed by atoms with Crippen molar-refractivity contribution in [2.24, 2.45) is 5.92 Å². The standard InChI is InChI=1S/C29H32Cl2FN3O4S/c1-20(2)17-33-29(37)27(16-21-10-5-4-6-11-21)34(18-22-23(30)12-9-13-24(22)31)28(36)19-35(40(3,38)39)26-15-8-7-14-25(26)32/h4-15,20,27H,16-19H2,1-3H3,(H,33,37)/t27-/m1/s1. The first kappa shape index (κ1) is 31.4. The number of para-hydroxylation sites is 1. The molecule has 0 unspecified atom stereocenters. The summed E-state index contributed by atoms with van der Waals surface area (Å²) in [5.74, 6) is -1.82. The number of hydrogen-bond acceptors (Lipinski definition) is 4. The SMILES string of the molecule is CC(C)CNC(=O)[C@@H](Cc1ccccc1)N(Cc1c(Cl)cccc1Cl)C(=O)CN(c1ccccc1F)S(C)(=O)=O. The van der Waals surface area contributed by atoms with Gasteiger partial charge in [-0.2, -0.15) is 0 Å². The van der Waals surface area contributed by atoms with Crippen LogP contribution < -0.4 is 9.62 Å². The molecule has 1 atom stereocenters. The Balaban J connectivity index is 2.10. The maximum absolute atomic E-state index is 14.7. The molecule has 7 nitrogen and oxygen atoms in total. The van der Waals surface area contributed by atoms with Gasteiger partial charge in [0.15, 0.2) is 0 Å². The molecule has 0 saturated heterocycles. The molecule has 0 aliphatic heterocycles. The summed E-state index contributed by atoms with van der Waals surface area (Å²) in [6, 6.07) is 18.2. The van der Waals surface area contributed by atoms with Crippen LogP contribution >= 0.6 is 23.2 Å². The average Bonchev–Trinajstić information content (AvgIpc) is 2.89. The van der Waals surface area contributed by atoms with Crippen molar-refractivity contribution in [2.45, 2.75) is 32.9 Å². The van der Waals surface area contributed by atoms with Gasteiger partial charge in [0.25, 0.3) is 0 Å². The third-order valence-corrected chi connectivity index (χ3v) is 7.98. The van der Waals surface area contributed by atoms with E-state index in [4.69, 9.17) is 23.2 Å². The molecule has 0 fully saturated rings. The van der Waals surface area contributed by atoms with Crippen LogP contribution in [0.4, 0.5) is 10.1 Å². The number of halogens is 3. The molecule has 40 heavy (non-hydrogen) atoms. The molecule has 214 valence electrons. The highest BCUT2D eigenvalue weighted by Crippen LogP contribution is 2.28. The molecule has 0 aliphatic carbocycles. The van der Waals surface area contributed by atoms with Crippen molar-refractivity contribution in [2.75, 3.05) is 23.7 Å². The number of hydrogen-bond donors (Lipinski definition) is 1. The molecule has 0 bridgehead atoms. The minimum Gasteiger partial charge on any atom is -0.354 e. The third-order valence-electron chi connectivity index (χ3n) is 6.15.